The fraction of sp³-hybridized carbons (Fsp3) is 0.571. The van der Waals surface area contributed by atoms with Crippen LogP contribution < -0.4 is 5.32 Å². The Balaban J connectivity index is 2.15. The Morgan fingerprint density at radius 2 is 2.44 bits per heavy atom. The van der Waals surface area contributed by atoms with E-state index in [4.69, 9.17) is 0 Å². The summed E-state index contributed by atoms with van der Waals surface area (Å²) in [7, 11) is 1.83. The molecule has 1 aliphatic heterocycles. The highest BCUT2D eigenvalue weighted by Gasteiger charge is 2.24. The highest BCUT2D eigenvalue weighted by atomic mass is 16.2. The van der Waals surface area contributed by atoms with Crippen molar-refractivity contribution in [1.29, 1.82) is 0 Å². The van der Waals surface area contributed by atoms with E-state index >= 15 is 0 Å². The number of piperidine rings is 1. The lowest BCUT2D eigenvalue weighted by Gasteiger charge is -2.32. The summed E-state index contributed by atoms with van der Waals surface area (Å²) in [4.78, 5) is 18.5. The number of amides is 1. The molecule has 0 aliphatic carbocycles. The lowest BCUT2D eigenvalue weighted by atomic mass is 9.95. The molecule has 98 valence electrons. The molecule has 0 aromatic carbocycles. The van der Waals surface area contributed by atoms with Gasteiger partial charge in [0, 0.05) is 38.2 Å². The molecule has 1 saturated heterocycles. The Hall–Kier alpha value is -1.58. The summed E-state index contributed by atoms with van der Waals surface area (Å²) in [5, 5.41) is 3.05. The molecule has 1 unspecified atom stereocenters. The van der Waals surface area contributed by atoms with E-state index in [0.717, 1.165) is 31.6 Å². The van der Waals surface area contributed by atoms with Gasteiger partial charge in [0.15, 0.2) is 0 Å². The predicted octanol–water partition coefficient (Wildman–Crippen LogP) is 2.39. The number of carbonyl (C=O) groups excluding carboxylic acids is 1. The molecule has 1 N–H and O–H groups in total. The molecule has 4 heteroatoms. The predicted molar refractivity (Wildman–Crippen MR) is 72.7 cm³/mol. The molecule has 4 nitrogen and oxygen atoms in total. The normalized spacial score (nSPS) is 19.7. The average molecular weight is 247 g/mol. The summed E-state index contributed by atoms with van der Waals surface area (Å²) in [6.07, 6.45) is 6.86. The number of rotatable bonds is 3. The van der Waals surface area contributed by atoms with E-state index in [2.05, 4.69) is 17.2 Å². The molecule has 1 fully saturated rings. The second kappa shape index (κ2) is 5.85. The van der Waals surface area contributed by atoms with Crippen LogP contribution in [0.1, 0.15) is 36.5 Å². The molecule has 1 aliphatic rings. The quantitative estimate of drug-likeness (QED) is 0.892. The van der Waals surface area contributed by atoms with E-state index in [1.54, 1.807) is 12.4 Å². The zero-order chi connectivity index (χ0) is 13.0. The van der Waals surface area contributed by atoms with Gasteiger partial charge < -0.3 is 10.2 Å². The van der Waals surface area contributed by atoms with Crippen LogP contribution in [-0.2, 0) is 0 Å². The number of aromatic nitrogens is 1. The molecule has 1 aromatic rings. The van der Waals surface area contributed by atoms with Gasteiger partial charge in [-0.05, 0) is 24.8 Å². The summed E-state index contributed by atoms with van der Waals surface area (Å²) < 4.78 is 0. The van der Waals surface area contributed by atoms with Gasteiger partial charge in [0.2, 0.25) is 0 Å². The first kappa shape index (κ1) is 12.9. The fourth-order valence-electron chi connectivity index (χ4n) is 2.54. The Labute approximate surface area is 108 Å². The molecule has 1 atom stereocenters. The summed E-state index contributed by atoms with van der Waals surface area (Å²) in [5.41, 5.74) is 1.53. The van der Waals surface area contributed by atoms with Gasteiger partial charge in [0.05, 0.1) is 5.56 Å². The Bertz CT molecular complexity index is 419. The molecule has 18 heavy (non-hydrogen) atoms. The minimum atomic E-state index is 0.102. The summed E-state index contributed by atoms with van der Waals surface area (Å²) in [6, 6.07) is 1.84. The van der Waals surface area contributed by atoms with Crippen molar-refractivity contribution >= 4 is 11.6 Å². The molecule has 2 rings (SSSR count). The third-order valence-electron chi connectivity index (χ3n) is 3.70. The van der Waals surface area contributed by atoms with Gasteiger partial charge in [0.25, 0.3) is 5.91 Å². The highest BCUT2D eigenvalue weighted by molar-refractivity contribution is 5.99. The van der Waals surface area contributed by atoms with Gasteiger partial charge in [-0.15, -0.1) is 0 Å². The van der Waals surface area contributed by atoms with E-state index in [-0.39, 0.29) is 5.91 Å². The van der Waals surface area contributed by atoms with E-state index in [0.29, 0.717) is 11.5 Å². The van der Waals surface area contributed by atoms with Gasteiger partial charge in [0.1, 0.15) is 0 Å². The van der Waals surface area contributed by atoms with E-state index < -0.39 is 0 Å². The van der Waals surface area contributed by atoms with E-state index in [9.17, 15) is 4.79 Å². The van der Waals surface area contributed by atoms with Crippen molar-refractivity contribution < 1.29 is 4.79 Å². The first-order valence-corrected chi connectivity index (χ1v) is 6.67. The Kier molecular flexibility index (Phi) is 4.18. The van der Waals surface area contributed by atoms with Crippen LogP contribution in [0.4, 0.5) is 5.69 Å². The van der Waals surface area contributed by atoms with Crippen molar-refractivity contribution in [2.75, 3.05) is 25.5 Å². The number of likely N-dealkylation sites (tertiary alicyclic amines) is 1. The maximum absolute atomic E-state index is 12.5. The van der Waals surface area contributed by atoms with Gasteiger partial charge in [-0.3, -0.25) is 9.78 Å². The third-order valence-corrected chi connectivity index (χ3v) is 3.70. The molecule has 0 bridgehead atoms. The first-order valence-electron chi connectivity index (χ1n) is 6.67. The van der Waals surface area contributed by atoms with Crippen molar-refractivity contribution in [2.24, 2.45) is 5.92 Å². The molecule has 0 saturated carbocycles. The lowest BCUT2D eigenvalue weighted by Crippen LogP contribution is -2.40. The van der Waals surface area contributed by atoms with Crippen molar-refractivity contribution in [3.8, 4) is 0 Å². The smallest absolute Gasteiger partial charge is 0.257 e. The molecule has 1 aromatic heterocycles. The molecule has 0 spiro atoms. The molecule has 2 heterocycles. The van der Waals surface area contributed by atoms with Crippen LogP contribution in [0.2, 0.25) is 0 Å². The molecule has 1 amide bonds. The number of carbonyl (C=O) groups is 1. The minimum absolute atomic E-state index is 0.102. The van der Waals surface area contributed by atoms with Crippen LogP contribution in [-0.4, -0.2) is 35.9 Å². The number of pyridine rings is 1. The van der Waals surface area contributed by atoms with Crippen LogP contribution in [0.25, 0.3) is 0 Å². The zero-order valence-corrected chi connectivity index (χ0v) is 11.1. The minimum Gasteiger partial charge on any atom is -0.387 e. The Morgan fingerprint density at radius 1 is 1.61 bits per heavy atom. The average Bonchev–Trinajstić information content (AvgIpc) is 2.46. The van der Waals surface area contributed by atoms with Gasteiger partial charge in [-0.25, -0.2) is 0 Å². The monoisotopic (exact) mass is 247 g/mol. The van der Waals surface area contributed by atoms with Crippen molar-refractivity contribution in [2.45, 2.75) is 26.2 Å². The van der Waals surface area contributed by atoms with Crippen molar-refractivity contribution in [3.05, 3.63) is 24.0 Å². The van der Waals surface area contributed by atoms with Gasteiger partial charge >= 0.3 is 0 Å². The fourth-order valence-corrected chi connectivity index (χ4v) is 2.54. The summed E-state index contributed by atoms with van der Waals surface area (Å²) in [5.74, 6) is 0.753. The van der Waals surface area contributed by atoms with Crippen LogP contribution >= 0.6 is 0 Å². The number of hydrogen-bond acceptors (Lipinski definition) is 3. The van der Waals surface area contributed by atoms with Crippen LogP contribution in [0.3, 0.4) is 0 Å². The lowest BCUT2D eigenvalue weighted by molar-refractivity contribution is 0.0672. The second-order valence-electron chi connectivity index (χ2n) is 4.84. The van der Waals surface area contributed by atoms with E-state index in [1.165, 1.54) is 6.42 Å². The number of anilines is 1. The highest BCUT2D eigenvalue weighted by Crippen LogP contribution is 2.22. The van der Waals surface area contributed by atoms with Crippen LogP contribution in [0.5, 0.6) is 0 Å². The standard InChI is InChI=1S/C14H21N3O/c1-3-11-5-4-8-17(10-11)14(18)12-9-16-7-6-13(12)15-2/h6-7,9,11H,3-5,8,10H2,1-2H3,(H,15,16). The Morgan fingerprint density at radius 3 is 3.17 bits per heavy atom. The molecular formula is C14H21N3O. The SMILES string of the molecule is CCC1CCCN(C(=O)c2cnccc2NC)C1. The van der Waals surface area contributed by atoms with Crippen LogP contribution in [0, 0.1) is 5.92 Å². The van der Waals surface area contributed by atoms with Crippen LogP contribution in [0.15, 0.2) is 18.5 Å². The second-order valence-corrected chi connectivity index (χ2v) is 4.84. The largest absolute Gasteiger partial charge is 0.387 e. The first-order chi connectivity index (χ1) is 8.76. The number of nitrogens with one attached hydrogen (secondary N) is 1. The zero-order valence-electron chi connectivity index (χ0n) is 11.1. The van der Waals surface area contributed by atoms with Gasteiger partial charge in [-0.1, -0.05) is 13.3 Å². The maximum Gasteiger partial charge on any atom is 0.257 e. The van der Waals surface area contributed by atoms with Crippen molar-refractivity contribution in [1.82, 2.24) is 9.88 Å². The molecule has 0 radical (unpaired) electrons. The summed E-state index contributed by atoms with van der Waals surface area (Å²) >= 11 is 0. The maximum atomic E-state index is 12.5. The topological polar surface area (TPSA) is 45.2 Å². The number of hydrogen-bond donors (Lipinski definition) is 1. The summed E-state index contributed by atoms with van der Waals surface area (Å²) in [6.45, 7) is 3.95. The van der Waals surface area contributed by atoms with Crippen molar-refractivity contribution in [3.63, 3.8) is 0 Å². The van der Waals surface area contributed by atoms with E-state index in [1.807, 2.05) is 18.0 Å². The molecular weight excluding hydrogens is 226 g/mol. The third kappa shape index (κ3) is 2.63. The number of nitrogens with zero attached hydrogens (tertiary/aromatic N) is 2. The van der Waals surface area contributed by atoms with Gasteiger partial charge in [-0.2, -0.15) is 0 Å².